The third-order valence-electron chi connectivity index (χ3n) is 3.85. The molecule has 1 aliphatic rings. The maximum atomic E-state index is 12.2. The van der Waals surface area contributed by atoms with Crippen LogP contribution in [-0.4, -0.2) is 54.3 Å². The van der Waals surface area contributed by atoms with Gasteiger partial charge in [0.05, 0.1) is 12.8 Å². The van der Waals surface area contributed by atoms with E-state index in [4.69, 9.17) is 4.42 Å². The highest BCUT2D eigenvalue weighted by Crippen LogP contribution is 2.10. The highest BCUT2D eigenvalue weighted by atomic mass is 16.3. The molecule has 6 heteroatoms. The van der Waals surface area contributed by atoms with Gasteiger partial charge in [-0.05, 0) is 24.3 Å². The molecule has 2 amide bonds. The molecule has 0 aliphatic carbocycles. The van der Waals surface area contributed by atoms with Crippen molar-refractivity contribution in [3.63, 3.8) is 0 Å². The molecule has 1 aromatic heterocycles. The number of anilines is 1. The van der Waals surface area contributed by atoms with E-state index in [1.807, 2.05) is 35.2 Å². The van der Waals surface area contributed by atoms with Crippen molar-refractivity contribution in [2.24, 2.45) is 0 Å². The van der Waals surface area contributed by atoms with E-state index in [0.29, 0.717) is 38.5 Å². The summed E-state index contributed by atoms with van der Waals surface area (Å²) in [6, 6.07) is 12.7. The minimum absolute atomic E-state index is 0.0304. The van der Waals surface area contributed by atoms with Crippen LogP contribution in [0.3, 0.4) is 0 Å². The van der Waals surface area contributed by atoms with Crippen molar-refractivity contribution in [1.29, 1.82) is 0 Å². The summed E-state index contributed by atoms with van der Waals surface area (Å²) in [6.45, 7) is 2.87. The van der Waals surface area contributed by atoms with Crippen LogP contribution in [0.25, 0.3) is 0 Å². The van der Waals surface area contributed by atoms with Crippen molar-refractivity contribution < 1.29 is 14.0 Å². The average Bonchev–Trinajstić information content (AvgIpc) is 3.11. The third-order valence-corrected chi connectivity index (χ3v) is 3.85. The first-order chi connectivity index (χ1) is 11.2. The molecular formula is C17H19N3O3. The Morgan fingerprint density at radius 1 is 1.00 bits per heavy atom. The van der Waals surface area contributed by atoms with Gasteiger partial charge in [0.15, 0.2) is 5.76 Å². The normalized spacial score (nSPS) is 15.4. The molecule has 2 heterocycles. The Morgan fingerprint density at radius 3 is 2.39 bits per heavy atom. The van der Waals surface area contributed by atoms with E-state index in [-0.39, 0.29) is 11.8 Å². The molecule has 0 atom stereocenters. The van der Waals surface area contributed by atoms with Gasteiger partial charge in [-0.25, -0.2) is 4.79 Å². The SMILES string of the molecule is O=C(CN1CCN(C(=O)Nc2ccccc2)CC1)c1ccco1. The highest BCUT2D eigenvalue weighted by Gasteiger charge is 2.23. The van der Waals surface area contributed by atoms with E-state index in [9.17, 15) is 9.59 Å². The second kappa shape index (κ2) is 7.11. The zero-order valence-corrected chi connectivity index (χ0v) is 12.8. The zero-order chi connectivity index (χ0) is 16.1. The summed E-state index contributed by atoms with van der Waals surface area (Å²) in [5.74, 6) is 0.353. The lowest BCUT2D eigenvalue weighted by atomic mass is 10.2. The number of urea groups is 1. The van der Waals surface area contributed by atoms with Crippen molar-refractivity contribution in [3.05, 3.63) is 54.5 Å². The molecule has 0 radical (unpaired) electrons. The Balaban J connectivity index is 1.46. The number of para-hydroxylation sites is 1. The fraction of sp³-hybridized carbons (Fsp3) is 0.294. The van der Waals surface area contributed by atoms with Crippen LogP contribution in [-0.2, 0) is 0 Å². The Bertz CT molecular complexity index is 647. The molecule has 1 aromatic carbocycles. The van der Waals surface area contributed by atoms with Crippen molar-refractivity contribution in [2.75, 3.05) is 38.0 Å². The van der Waals surface area contributed by atoms with Gasteiger partial charge in [0, 0.05) is 31.9 Å². The Labute approximate surface area is 134 Å². The monoisotopic (exact) mass is 313 g/mol. The van der Waals surface area contributed by atoms with Gasteiger partial charge in [0.25, 0.3) is 0 Å². The largest absolute Gasteiger partial charge is 0.461 e. The zero-order valence-electron chi connectivity index (χ0n) is 12.8. The first-order valence-electron chi connectivity index (χ1n) is 7.62. The summed E-state index contributed by atoms with van der Waals surface area (Å²) in [5.41, 5.74) is 0.785. The van der Waals surface area contributed by atoms with Gasteiger partial charge < -0.3 is 14.6 Å². The van der Waals surface area contributed by atoms with E-state index >= 15 is 0 Å². The van der Waals surface area contributed by atoms with Crippen LogP contribution >= 0.6 is 0 Å². The standard InChI is InChI=1S/C17H19N3O3/c21-15(16-7-4-12-23-16)13-19-8-10-20(11-9-19)17(22)18-14-5-2-1-3-6-14/h1-7,12H,8-11,13H2,(H,18,22). The number of nitrogens with one attached hydrogen (secondary N) is 1. The van der Waals surface area contributed by atoms with E-state index in [2.05, 4.69) is 5.32 Å². The maximum Gasteiger partial charge on any atom is 0.321 e. The molecule has 6 nitrogen and oxygen atoms in total. The predicted molar refractivity (Wildman–Crippen MR) is 86.5 cm³/mol. The van der Waals surface area contributed by atoms with Crippen molar-refractivity contribution in [3.8, 4) is 0 Å². The van der Waals surface area contributed by atoms with Crippen LogP contribution in [0.4, 0.5) is 10.5 Å². The van der Waals surface area contributed by atoms with Gasteiger partial charge in [0.1, 0.15) is 0 Å². The number of amides is 2. The van der Waals surface area contributed by atoms with Gasteiger partial charge in [-0.15, -0.1) is 0 Å². The maximum absolute atomic E-state index is 12.2. The lowest BCUT2D eigenvalue weighted by molar-refractivity contribution is 0.0857. The summed E-state index contributed by atoms with van der Waals surface area (Å²) in [7, 11) is 0. The van der Waals surface area contributed by atoms with E-state index in [0.717, 1.165) is 5.69 Å². The Kier molecular flexibility index (Phi) is 4.73. The second-order valence-corrected chi connectivity index (χ2v) is 5.46. The number of nitrogens with zero attached hydrogens (tertiary/aromatic N) is 2. The number of piperazine rings is 1. The summed E-state index contributed by atoms with van der Waals surface area (Å²) >= 11 is 0. The molecule has 2 aromatic rings. The van der Waals surface area contributed by atoms with Crippen molar-refractivity contribution in [2.45, 2.75) is 0 Å². The van der Waals surface area contributed by atoms with Gasteiger partial charge >= 0.3 is 6.03 Å². The number of furan rings is 1. The molecule has 0 unspecified atom stereocenters. The molecule has 23 heavy (non-hydrogen) atoms. The van der Waals surface area contributed by atoms with E-state index in [1.165, 1.54) is 6.26 Å². The summed E-state index contributed by atoms with van der Waals surface area (Å²) in [5, 5.41) is 2.88. The first kappa shape index (κ1) is 15.3. The smallest absolute Gasteiger partial charge is 0.321 e. The average molecular weight is 313 g/mol. The minimum atomic E-state index is -0.104. The van der Waals surface area contributed by atoms with Gasteiger partial charge in [-0.1, -0.05) is 18.2 Å². The molecule has 0 saturated carbocycles. The topological polar surface area (TPSA) is 65.8 Å². The molecule has 3 rings (SSSR count). The fourth-order valence-electron chi connectivity index (χ4n) is 2.55. The third kappa shape index (κ3) is 3.98. The number of Topliss-reactive ketones (excluding diaryl/α,β-unsaturated/α-hetero) is 1. The van der Waals surface area contributed by atoms with Crippen LogP contribution in [0, 0.1) is 0 Å². The van der Waals surface area contributed by atoms with Crippen molar-refractivity contribution >= 4 is 17.5 Å². The van der Waals surface area contributed by atoms with Crippen LogP contribution in [0.1, 0.15) is 10.6 Å². The summed E-state index contributed by atoms with van der Waals surface area (Å²) in [4.78, 5) is 28.0. The Morgan fingerprint density at radius 2 is 1.74 bits per heavy atom. The molecule has 1 fully saturated rings. The van der Waals surface area contributed by atoms with Gasteiger partial charge in [-0.3, -0.25) is 9.69 Å². The molecule has 120 valence electrons. The van der Waals surface area contributed by atoms with E-state index in [1.54, 1.807) is 17.0 Å². The molecule has 1 N–H and O–H groups in total. The fourth-order valence-corrected chi connectivity index (χ4v) is 2.55. The van der Waals surface area contributed by atoms with Crippen LogP contribution in [0.15, 0.2) is 53.1 Å². The van der Waals surface area contributed by atoms with E-state index < -0.39 is 0 Å². The quantitative estimate of drug-likeness (QED) is 0.880. The number of ketones is 1. The highest BCUT2D eigenvalue weighted by molar-refractivity contribution is 5.95. The number of rotatable bonds is 4. The lowest BCUT2D eigenvalue weighted by Crippen LogP contribution is -2.51. The number of carbonyl (C=O) groups excluding carboxylic acids is 2. The molecular weight excluding hydrogens is 294 g/mol. The summed E-state index contributed by atoms with van der Waals surface area (Å²) in [6.07, 6.45) is 1.50. The lowest BCUT2D eigenvalue weighted by Gasteiger charge is -2.34. The van der Waals surface area contributed by atoms with Crippen LogP contribution in [0.5, 0.6) is 0 Å². The van der Waals surface area contributed by atoms with Crippen LogP contribution < -0.4 is 5.32 Å². The van der Waals surface area contributed by atoms with Gasteiger partial charge in [-0.2, -0.15) is 0 Å². The van der Waals surface area contributed by atoms with Crippen LogP contribution in [0.2, 0.25) is 0 Å². The van der Waals surface area contributed by atoms with Gasteiger partial charge in [0.2, 0.25) is 5.78 Å². The Hall–Kier alpha value is -2.60. The first-order valence-corrected chi connectivity index (χ1v) is 7.62. The second-order valence-electron chi connectivity index (χ2n) is 5.46. The van der Waals surface area contributed by atoms with Crippen molar-refractivity contribution in [1.82, 2.24) is 9.80 Å². The molecule has 0 bridgehead atoms. The molecule has 1 aliphatic heterocycles. The molecule has 0 spiro atoms. The minimum Gasteiger partial charge on any atom is -0.461 e. The number of hydrogen-bond acceptors (Lipinski definition) is 4. The number of carbonyl (C=O) groups is 2. The molecule has 1 saturated heterocycles. The number of benzene rings is 1. The predicted octanol–water partition coefficient (Wildman–Crippen LogP) is 2.31. The summed E-state index contributed by atoms with van der Waals surface area (Å²) < 4.78 is 5.11. The number of hydrogen-bond donors (Lipinski definition) is 1.